The van der Waals surface area contributed by atoms with E-state index in [9.17, 15) is 5.11 Å². The predicted octanol–water partition coefficient (Wildman–Crippen LogP) is 4.85. The first kappa shape index (κ1) is 23.6. The first-order valence-corrected chi connectivity index (χ1v) is 13.8. The lowest BCUT2D eigenvalue weighted by Crippen LogP contribution is -2.50. The van der Waals surface area contributed by atoms with Gasteiger partial charge in [0.2, 0.25) is 0 Å². The van der Waals surface area contributed by atoms with Crippen LogP contribution in [0.4, 0.5) is 0 Å². The standard InChI is InChI=1S/C30H33N3O2S/c1-21-31-27-11-6-12-28(30(27)36-21)35-20-24(34)19-32-15-17-33(18-16-32)29-25-9-4-2-7-22(25)13-14-23-8-3-5-10-26(23)29/h2-12,24,29,34H,13-20H2,1H3/t24-/m0/s1. The molecule has 1 fully saturated rings. The average molecular weight is 500 g/mol. The Morgan fingerprint density at radius 3 is 2.28 bits per heavy atom. The molecule has 0 amide bonds. The highest BCUT2D eigenvalue weighted by atomic mass is 32.1. The number of aliphatic hydroxyl groups is 1. The van der Waals surface area contributed by atoms with E-state index in [-0.39, 0.29) is 0 Å². The van der Waals surface area contributed by atoms with Crippen LogP contribution in [0.15, 0.2) is 66.7 Å². The van der Waals surface area contributed by atoms with Crippen molar-refractivity contribution in [1.29, 1.82) is 0 Å². The molecule has 0 spiro atoms. The number of hydrogen-bond acceptors (Lipinski definition) is 6. The molecule has 1 aliphatic heterocycles. The Bertz CT molecular complexity index is 1300. The Labute approximate surface area is 217 Å². The van der Waals surface area contributed by atoms with Crippen molar-refractivity contribution >= 4 is 21.6 Å². The summed E-state index contributed by atoms with van der Waals surface area (Å²) in [6.07, 6.45) is 1.68. The molecule has 0 saturated carbocycles. The zero-order valence-corrected chi connectivity index (χ0v) is 21.6. The lowest BCUT2D eigenvalue weighted by Gasteiger charge is -2.40. The summed E-state index contributed by atoms with van der Waals surface area (Å²) < 4.78 is 7.08. The number of thiazole rings is 1. The molecule has 36 heavy (non-hydrogen) atoms. The highest BCUT2D eigenvalue weighted by Crippen LogP contribution is 2.37. The third-order valence-electron chi connectivity index (χ3n) is 7.52. The van der Waals surface area contributed by atoms with Gasteiger partial charge in [-0.2, -0.15) is 0 Å². The Balaban J connectivity index is 1.09. The van der Waals surface area contributed by atoms with E-state index in [1.807, 2.05) is 25.1 Å². The van der Waals surface area contributed by atoms with Crippen LogP contribution in [0, 0.1) is 6.92 Å². The number of nitrogens with zero attached hydrogens (tertiary/aromatic N) is 3. The van der Waals surface area contributed by atoms with Crippen LogP contribution in [0.1, 0.15) is 33.3 Å². The maximum Gasteiger partial charge on any atom is 0.138 e. The highest BCUT2D eigenvalue weighted by molar-refractivity contribution is 7.18. The molecule has 0 radical (unpaired) electrons. The summed E-state index contributed by atoms with van der Waals surface area (Å²) in [6.45, 7) is 6.79. The van der Waals surface area contributed by atoms with E-state index in [1.54, 1.807) is 11.3 Å². The fourth-order valence-corrected chi connectivity index (χ4v) is 6.66. The quantitative estimate of drug-likeness (QED) is 0.411. The average Bonchev–Trinajstić information content (AvgIpc) is 3.20. The number of hydrogen-bond donors (Lipinski definition) is 1. The molecule has 2 aliphatic rings. The van der Waals surface area contributed by atoms with Crippen LogP contribution in [-0.4, -0.2) is 65.3 Å². The van der Waals surface area contributed by atoms with Gasteiger partial charge in [0.25, 0.3) is 0 Å². The van der Waals surface area contributed by atoms with Crippen LogP contribution in [0.2, 0.25) is 0 Å². The summed E-state index contributed by atoms with van der Waals surface area (Å²) in [7, 11) is 0. The van der Waals surface area contributed by atoms with Crippen LogP contribution in [0.25, 0.3) is 10.2 Å². The normalized spacial score (nSPS) is 17.9. The third kappa shape index (κ3) is 4.78. The van der Waals surface area contributed by atoms with Gasteiger partial charge in [-0.25, -0.2) is 4.98 Å². The van der Waals surface area contributed by atoms with Crippen molar-refractivity contribution in [2.45, 2.75) is 31.9 Å². The SMILES string of the molecule is Cc1nc2cccc(OC[C@@H](O)CN3CCN(C4c5ccccc5CCc5ccccc54)CC3)c2s1. The fourth-order valence-electron chi connectivity index (χ4n) is 5.78. The molecule has 186 valence electrons. The summed E-state index contributed by atoms with van der Waals surface area (Å²) in [6, 6.07) is 24.2. The first-order valence-electron chi connectivity index (χ1n) is 12.9. The molecule has 4 aromatic rings. The molecule has 1 aliphatic carbocycles. The number of β-amino-alcohol motifs (C(OH)–C–C–N with tert-alkyl or cyclic N) is 1. The van der Waals surface area contributed by atoms with Crippen LogP contribution in [0.3, 0.4) is 0 Å². The number of aliphatic hydroxyl groups excluding tert-OH is 1. The number of fused-ring (bicyclic) bond motifs is 3. The van der Waals surface area contributed by atoms with Crippen molar-refractivity contribution < 1.29 is 9.84 Å². The summed E-state index contributed by atoms with van der Waals surface area (Å²) in [5.41, 5.74) is 6.82. The van der Waals surface area contributed by atoms with Crippen molar-refractivity contribution in [3.8, 4) is 5.75 Å². The van der Waals surface area contributed by atoms with Crippen LogP contribution >= 0.6 is 11.3 Å². The summed E-state index contributed by atoms with van der Waals surface area (Å²) in [5, 5.41) is 11.8. The maximum absolute atomic E-state index is 10.8. The largest absolute Gasteiger partial charge is 0.489 e. The molecular weight excluding hydrogens is 466 g/mol. The number of aryl methyl sites for hydroxylation is 3. The summed E-state index contributed by atoms with van der Waals surface area (Å²) >= 11 is 1.64. The Hall–Kier alpha value is -2.77. The van der Waals surface area contributed by atoms with E-state index in [0.717, 1.165) is 60.0 Å². The van der Waals surface area contributed by atoms with E-state index in [0.29, 0.717) is 19.2 Å². The van der Waals surface area contributed by atoms with Gasteiger partial charge in [0.15, 0.2) is 0 Å². The first-order chi connectivity index (χ1) is 17.7. The number of rotatable bonds is 6. The van der Waals surface area contributed by atoms with Gasteiger partial charge in [0.05, 0.1) is 21.3 Å². The van der Waals surface area contributed by atoms with Crippen LogP contribution in [-0.2, 0) is 12.8 Å². The van der Waals surface area contributed by atoms with E-state index in [1.165, 1.54) is 22.3 Å². The van der Waals surface area contributed by atoms with Gasteiger partial charge in [-0.1, -0.05) is 54.6 Å². The highest BCUT2D eigenvalue weighted by Gasteiger charge is 2.31. The van der Waals surface area contributed by atoms with Crippen LogP contribution in [0.5, 0.6) is 5.75 Å². The van der Waals surface area contributed by atoms with Gasteiger partial charge < -0.3 is 9.84 Å². The Kier molecular flexibility index (Phi) is 6.76. The summed E-state index contributed by atoms with van der Waals surface area (Å²) in [4.78, 5) is 9.54. The van der Waals surface area contributed by atoms with Crippen molar-refractivity contribution in [1.82, 2.24) is 14.8 Å². The van der Waals surface area contributed by atoms with Gasteiger partial charge >= 0.3 is 0 Å². The van der Waals surface area contributed by atoms with Crippen molar-refractivity contribution in [2.75, 3.05) is 39.3 Å². The van der Waals surface area contributed by atoms with Gasteiger partial charge in [-0.3, -0.25) is 9.80 Å². The minimum Gasteiger partial charge on any atom is -0.489 e. The zero-order valence-electron chi connectivity index (χ0n) is 20.8. The molecule has 3 aromatic carbocycles. The smallest absolute Gasteiger partial charge is 0.138 e. The Morgan fingerprint density at radius 2 is 1.58 bits per heavy atom. The van der Waals surface area contributed by atoms with Gasteiger partial charge in [-0.05, 0) is 54.2 Å². The Morgan fingerprint density at radius 1 is 0.917 bits per heavy atom. The molecule has 5 nitrogen and oxygen atoms in total. The zero-order chi connectivity index (χ0) is 24.5. The number of ether oxygens (including phenoxy) is 1. The molecule has 0 unspecified atom stereocenters. The van der Waals surface area contributed by atoms with E-state index >= 15 is 0 Å². The van der Waals surface area contributed by atoms with Crippen molar-refractivity contribution in [3.05, 3.63) is 94.0 Å². The number of aromatic nitrogens is 1. The maximum atomic E-state index is 10.8. The van der Waals surface area contributed by atoms with Crippen molar-refractivity contribution in [3.63, 3.8) is 0 Å². The molecule has 1 atom stereocenters. The molecule has 6 rings (SSSR count). The number of benzene rings is 3. The van der Waals surface area contributed by atoms with Crippen molar-refractivity contribution in [2.24, 2.45) is 0 Å². The molecule has 2 heterocycles. The summed E-state index contributed by atoms with van der Waals surface area (Å²) in [5.74, 6) is 0.813. The van der Waals surface area contributed by atoms with E-state index in [4.69, 9.17) is 4.74 Å². The van der Waals surface area contributed by atoms with Gasteiger partial charge in [0, 0.05) is 32.7 Å². The lowest BCUT2D eigenvalue weighted by molar-refractivity contribution is 0.0404. The minimum absolute atomic E-state index is 0.291. The number of piperazine rings is 1. The van der Waals surface area contributed by atoms with Gasteiger partial charge in [0.1, 0.15) is 18.5 Å². The molecule has 1 N–H and O–H groups in total. The third-order valence-corrected chi connectivity index (χ3v) is 8.52. The minimum atomic E-state index is -0.528. The fraction of sp³-hybridized carbons (Fsp3) is 0.367. The predicted molar refractivity (Wildman–Crippen MR) is 146 cm³/mol. The molecule has 0 bridgehead atoms. The second kappa shape index (κ2) is 10.3. The van der Waals surface area contributed by atoms with E-state index < -0.39 is 6.10 Å². The molecular formula is C30H33N3O2S. The lowest BCUT2D eigenvalue weighted by atomic mass is 9.92. The molecule has 1 aromatic heterocycles. The van der Waals surface area contributed by atoms with Gasteiger partial charge in [-0.15, -0.1) is 11.3 Å². The topological polar surface area (TPSA) is 48.8 Å². The van der Waals surface area contributed by atoms with Crippen LogP contribution < -0.4 is 4.74 Å². The monoisotopic (exact) mass is 499 g/mol. The second-order valence-corrected chi connectivity index (χ2v) is 11.1. The second-order valence-electron chi connectivity index (χ2n) is 9.94. The molecule has 1 saturated heterocycles. The molecule has 6 heteroatoms. The van der Waals surface area contributed by atoms with E-state index in [2.05, 4.69) is 63.3 Å².